The van der Waals surface area contributed by atoms with E-state index in [0.29, 0.717) is 5.91 Å². The predicted molar refractivity (Wildman–Crippen MR) is 79.7 cm³/mol. The zero-order valence-corrected chi connectivity index (χ0v) is 12.8. The summed E-state index contributed by atoms with van der Waals surface area (Å²) in [6, 6.07) is 0. The van der Waals surface area contributed by atoms with Crippen LogP contribution in [0.5, 0.6) is 0 Å². The molecule has 0 bridgehead atoms. The Balaban J connectivity index is 3.75. The second-order valence-corrected chi connectivity index (χ2v) is 5.33. The fourth-order valence-corrected chi connectivity index (χ4v) is 2.30. The Morgan fingerprint density at radius 1 is 0.833 bits per heavy atom. The van der Waals surface area contributed by atoms with Crippen molar-refractivity contribution in [3.8, 4) is 0 Å². The maximum Gasteiger partial charge on any atom is 0.223 e. The van der Waals surface area contributed by atoms with E-state index in [1.807, 2.05) is 0 Å². The summed E-state index contributed by atoms with van der Waals surface area (Å²) in [5, 5.41) is 3.11. The Morgan fingerprint density at radius 2 is 1.50 bits per heavy atom. The minimum atomic E-state index is 0.257. The van der Waals surface area contributed by atoms with Crippen LogP contribution in [0.2, 0.25) is 0 Å². The first-order valence-electron chi connectivity index (χ1n) is 8.03. The van der Waals surface area contributed by atoms with Crippen molar-refractivity contribution >= 4 is 5.91 Å². The third-order valence-electron chi connectivity index (χ3n) is 3.49. The van der Waals surface area contributed by atoms with Crippen molar-refractivity contribution in [2.24, 2.45) is 5.92 Å². The Labute approximate surface area is 114 Å². The Kier molecular flexibility index (Phi) is 12.5. The number of hydrogen-bond acceptors (Lipinski definition) is 1. The highest BCUT2D eigenvalue weighted by Gasteiger charge is 2.16. The van der Waals surface area contributed by atoms with Crippen molar-refractivity contribution in [3.05, 3.63) is 0 Å². The molecule has 0 aromatic heterocycles. The van der Waals surface area contributed by atoms with Crippen LogP contribution in [0.15, 0.2) is 0 Å². The zero-order chi connectivity index (χ0) is 13.6. The molecule has 0 fully saturated rings. The minimum Gasteiger partial charge on any atom is -0.356 e. The van der Waals surface area contributed by atoms with Crippen LogP contribution in [0, 0.1) is 5.92 Å². The first kappa shape index (κ1) is 17.5. The fourth-order valence-electron chi connectivity index (χ4n) is 2.30. The molecule has 2 nitrogen and oxygen atoms in total. The molecule has 0 rings (SSSR count). The van der Waals surface area contributed by atoms with Gasteiger partial charge in [0, 0.05) is 12.5 Å². The van der Waals surface area contributed by atoms with Crippen LogP contribution < -0.4 is 5.32 Å². The highest BCUT2D eigenvalue weighted by atomic mass is 16.1. The molecule has 0 radical (unpaired) electrons. The summed E-state index contributed by atoms with van der Waals surface area (Å²) in [6.45, 7) is 7.46. The van der Waals surface area contributed by atoms with Crippen LogP contribution in [0.4, 0.5) is 0 Å². The number of nitrogens with one attached hydrogen (secondary N) is 1. The largest absolute Gasteiger partial charge is 0.356 e. The molecule has 1 atom stereocenters. The molecule has 18 heavy (non-hydrogen) atoms. The predicted octanol–water partition coefficient (Wildman–Crippen LogP) is 4.68. The van der Waals surface area contributed by atoms with Crippen molar-refractivity contribution < 1.29 is 4.79 Å². The van der Waals surface area contributed by atoms with Crippen LogP contribution >= 0.6 is 0 Å². The number of amides is 1. The SMILES string of the molecule is CCCCCCNC(=O)C(CCC)CCCCC. The first-order chi connectivity index (χ1) is 8.76. The van der Waals surface area contributed by atoms with Crippen molar-refractivity contribution in [2.45, 2.75) is 85.0 Å². The van der Waals surface area contributed by atoms with E-state index >= 15 is 0 Å². The van der Waals surface area contributed by atoms with Gasteiger partial charge in [-0.1, -0.05) is 65.7 Å². The summed E-state index contributed by atoms with van der Waals surface area (Å²) in [6.07, 6.45) is 11.8. The van der Waals surface area contributed by atoms with Crippen LogP contribution in [0.1, 0.15) is 85.0 Å². The third-order valence-corrected chi connectivity index (χ3v) is 3.49. The van der Waals surface area contributed by atoms with Crippen LogP contribution in [0.25, 0.3) is 0 Å². The highest BCUT2D eigenvalue weighted by Crippen LogP contribution is 2.16. The molecule has 0 saturated carbocycles. The van der Waals surface area contributed by atoms with Gasteiger partial charge in [-0.3, -0.25) is 4.79 Å². The number of unbranched alkanes of at least 4 members (excludes halogenated alkanes) is 5. The molecule has 1 amide bonds. The van der Waals surface area contributed by atoms with E-state index in [9.17, 15) is 4.79 Å². The van der Waals surface area contributed by atoms with Gasteiger partial charge in [0.05, 0.1) is 0 Å². The smallest absolute Gasteiger partial charge is 0.223 e. The second kappa shape index (κ2) is 12.9. The van der Waals surface area contributed by atoms with Gasteiger partial charge >= 0.3 is 0 Å². The molecule has 0 spiro atoms. The van der Waals surface area contributed by atoms with E-state index in [-0.39, 0.29) is 5.92 Å². The van der Waals surface area contributed by atoms with E-state index in [1.54, 1.807) is 0 Å². The van der Waals surface area contributed by atoms with E-state index in [2.05, 4.69) is 26.1 Å². The lowest BCUT2D eigenvalue weighted by Crippen LogP contribution is -2.31. The molecular formula is C16H33NO. The lowest BCUT2D eigenvalue weighted by molar-refractivity contribution is -0.125. The average molecular weight is 255 g/mol. The third kappa shape index (κ3) is 9.49. The molecule has 0 aromatic rings. The van der Waals surface area contributed by atoms with E-state index in [4.69, 9.17) is 0 Å². The van der Waals surface area contributed by atoms with Gasteiger partial charge in [0.1, 0.15) is 0 Å². The molecule has 0 aliphatic carbocycles. The second-order valence-electron chi connectivity index (χ2n) is 5.33. The monoisotopic (exact) mass is 255 g/mol. The van der Waals surface area contributed by atoms with Crippen LogP contribution in [0.3, 0.4) is 0 Å². The summed E-state index contributed by atoms with van der Waals surface area (Å²) < 4.78 is 0. The van der Waals surface area contributed by atoms with Crippen molar-refractivity contribution in [1.29, 1.82) is 0 Å². The molecule has 0 heterocycles. The number of hydrogen-bond donors (Lipinski definition) is 1. The Bertz CT molecular complexity index is 192. The molecular weight excluding hydrogens is 222 g/mol. The summed E-state index contributed by atoms with van der Waals surface area (Å²) in [7, 11) is 0. The fraction of sp³-hybridized carbons (Fsp3) is 0.938. The maximum atomic E-state index is 12.0. The quantitative estimate of drug-likeness (QED) is 0.504. The van der Waals surface area contributed by atoms with Crippen molar-refractivity contribution in [2.75, 3.05) is 6.54 Å². The van der Waals surface area contributed by atoms with Gasteiger partial charge in [0.2, 0.25) is 5.91 Å². The summed E-state index contributed by atoms with van der Waals surface area (Å²) >= 11 is 0. The molecule has 0 saturated heterocycles. The molecule has 1 N–H and O–H groups in total. The molecule has 1 unspecified atom stereocenters. The van der Waals surface area contributed by atoms with Gasteiger partial charge in [0.15, 0.2) is 0 Å². The lowest BCUT2D eigenvalue weighted by Gasteiger charge is -2.15. The van der Waals surface area contributed by atoms with Gasteiger partial charge in [-0.2, -0.15) is 0 Å². The summed E-state index contributed by atoms with van der Waals surface area (Å²) in [5.41, 5.74) is 0. The van der Waals surface area contributed by atoms with Gasteiger partial charge in [-0.05, 0) is 19.3 Å². The van der Waals surface area contributed by atoms with Gasteiger partial charge in [-0.25, -0.2) is 0 Å². The molecule has 108 valence electrons. The average Bonchev–Trinajstić information content (AvgIpc) is 2.37. The van der Waals surface area contributed by atoms with Crippen molar-refractivity contribution in [1.82, 2.24) is 5.32 Å². The topological polar surface area (TPSA) is 29.1 Å². The van der Waals surface area contributed by atoms with Crippen molar-refractivity contribution in [3.63, 3.8) is 0 Å². The normalized spacial score (nSPS) is 12.4. The standard InChI is InChI=1S/C16H33NO/c1-4-7-9-11-14-17-16(18)15(12-6-3)13-10-8-5-2/h15H,4-14H2,1-3H3,(H,17,18). The minimum absolute atomic E-state index is 0.257. The number of rotatable bonds is 12. The Hall–Kier alpha value is -0.530. The van der Waals surface area contributed by atoms with Gasteiger partial charge < -0.3 is 5.32 Å². The Morgan fingerprint density at radius 3 is 2.11 bits per heavy atom. The summed E-state index contributed by atoms with van der Waals surface area (Å²) in [5.74, 6) is 0.553. The van der Waals surface area contributed by atoms with E-state index in [0.717, 1.165) is 32.2 Å². The maximum absolute atomic E-state index is 12.0. The van der Waals surface area contributed by atoms with E-state index < -0.39 is 0 Å². The first-order valence-corrected chi connectivity index (χ1v) is 8.03. The molecule has 2 heteroatoms. The molecule has 0 aromatic carbocycles. The van der Waals surface area contributed by atoms with Crippen LogP contribution in [-0.4, -0.2) is 12.5 Å². The molecule has 0 aliphatic heterocycles. The van der Waals surface area contributed by atoms with Gasteiger partial charge in [-0.15, -0.1) is 0 Å². The van der Waals surface area contributed by atoms with Gasteiger partial charge in [0.25, 0.3) is 0 Å². The van der Waals surface area contributed by atoms with E-state index in [1.165, 1.54) is 38.5 Å². The number of carbonyl (C=O) groups excluding carboxylic acids is 1. The summed E-state index contributed by atoms with van der Waals surface area (Å²) in [4.78, 5) is 12.0. The zero-order valence-electron chi connectivity index (χ0n) is 12.8. The highest BCUT2D eigenvalue weighted by molar-refractivity contribution is 5.78. The lowest BCUT2D eigenvalue weighted by atomic mass is 9.95. The number of carbonyl (C=O) groups is 1. The molecule has 0 aliphatic rings. The van der Waals surface area contributed by atoms with Crippen LogP contribution in [-0.2, 0) is 4.79 Å².